The molecule has 0 saturated heterocycles. The summed E-state index contributed by atoms with van der Waals surface area (Å²) in [5, 5.41) is 4.34. The van der Waals surface area contributed by atoms with Crippen LogP contribution in [0, 0.1) is 6.92 Å². The third-order valence-corrected chi connectivity index (χ3v) is 4.14. The lowest BCUT2D eigenvalue weighted by atomic mass is 9.97. The van der Waals surface area contributed by atoms with E-state index < -0.39 is 0 Å². The number of hydrogen-bond donors (Lipinski definition) is 0. The maximum Gasteiger partial charge on any atom is 0.143 e. The second-order valence-corrected chi connectivity index (χ2v) is 5.66. The van der Waals surface area contributed by atoms with Gasteiger partial charge in [-0.05, 0) is 44.1 Å². The van der Waals surface area contributed by atoms with Crippen LogP contribution in [0.5, 0.6) is 0 Å². The summed E-state index contributed by atoms with van der Waals surface area (Å²) in [5.41, 5.74) is 5.06. The summed E-state index contributed by atoms with van der Waals surface area (Å²) in [6.45, 7) is 2.16. The molecule has 2 heteroatoms. The van der Waals surface area contributed by atoms with Crippen LogP contribution in [0.15, 0.2) is 28.8 Å². The standard InChI is InChI=1S/C16H17NO/c1-10-15(17-18-16(10)12-8-9-12)14-5-3-2-4-13(14)11-6-7-11/h2-5,11-12H,6-9H2,1H3. The van der Waals surface area contributed by atoms with Gasteiger partial charge in [0, 0.05) is 17.0 Å². The monoisotopic (exact) mass is 239 g/mol. The Hall–Kier alpha value is -1.57. The van der Waals surface area contributed by atoms with Crippen LogP contribution < -0.4 is 0 Å². The molecular weight excluding hydrogens is 222 g/mol. The predicted molar refractivity (Wildman–Crippen MR) is 70.6 cm³/mol. The molecule has 0 spiro atoms. The van der Waals surface area contributed by atoms with Gasteiger partial charge in [0.1, 0.15) is 11.5 Å². The Morgan fingerprint density at radius 2 is 1.78 bits per heavy atom. The van der Waals surface area contributed by atoms with Crippen molar-refractivity contribution in [3.05, 3.63) is 41.2 Å². The van der Waals surface area contributed by atoms with Crippen molar-refractivity contribution in [2.24, 2.45) is 0 Å². The van der Waals surface area contributed by atoms with E-state index in [1.165, 1.54) is 42.4 Å². The van der Waals surface area contributed by atoms with Crippen molar-refractivity contribution in [2.45, 2.75) is 44.4 Å². The number of rotatable bonds is 3. The lowest BCUT2D eigenvalue weighted by Gasteiger charge is -2.06. The van der Waals surface area contributed by atoms with Gasteiger partial charge in [0.2, 0.25) is 0 Å². The molecule has 1 aromatic heterocycles. The van der Waals surface area contributed by atoms with Crippen LogP contribution in [0.2, 0.25) is 0 Å². The van der Waals surface area contributed by atoms with Gasteiger partial charge in [-0.1, -0.05) is 29.4 Å². The molecule has 1 heterocycles. The smallest absolute Gasteiger partial charge is 0.143 e. The average molecular weight is 239 g/mol. The van der Waals surface area contributed by atoms with E-state index in [9.17, 15) is 0 Å². The van der Waals surface area contributed by atoms with Crippen LogP contribution in [0.1, 0.15) is 54.4 Å². The van der Waals surface area contributed by atoms with E-state index in [1.807, 2.05) is 0 Å². The highest BCUT2D eigenvalue weighted by Crippen LogP contribution is 2.47. The minimum absolute atomic E-state index is 0.638. The molecule has 18 heavy (non-hydrogen) atoms. The maximum atomic E-state index is 5.58. The molecule has 0 bridgehead atoms. The zero-order chi connectivity index (χ0) is 12.1. The Morgan fingerprint density at radius 3 is 2.50 bits per heavy atom. The molecule has 92 valence electrons. The third kappa shape index (κ3) is 1.59. The average Bonchev–Trinajstić information content (AvgIpc) is 3.28. The van der Waals surface area contributed by atoms with E-state index in [-0.39, 0.29) is 0 Å². The molecule has 2 saturated carbocycles. The molecule has 0 amide bonds. The Bertz CT molecular complexity index is 591. The van der Waals surface area contributed by atoms with Crippen molar-refractivity contribution >= 4 is 0 Å². The Balaban J connectivity index is 1.82. The quantitative estimate of drug-likeness (QED) is 0.793. The molecule has 2 aliphatic carbocycles. The van der Waals surface area contributed by atoms with E-state index in [0.29, 0.717) is 5.92 Å². The van der Waals surface area contributed by atoms with Crippen LogP contribution in [-0.2, 0) is 0 Å². The van der Waals surface area contributed by atoms with Gasteiger partial charge in [-0.15, -0.1) is 0 Å². The van der Waals surface area contributed by atoms with Gasteiger partial charge in [-0.3, -0.25) is 0 Å². The van der Waals surface area contributed by atoms with Crippen LogP contribution in [0.4, 0.5) is 0 Å². The van der Waals surface area contributed by atoms with Crippen molar-refractivity contribution in [3.63, 3.8) is 0 Å². The third-order valence-electron chi connectivity index (χ3n) is 4.14. The zero-order valence-corrected chi connectivity index (χ0v) is 10.6. The Kier molecular flexibility index (Phi) is 2.14. The molecule has 2 nitrogen and oxygen atoms in total. The van der Waals surface area contributed by atoms with Gasteiger partial charge in [-0.25, -0.2) is 0 Å². The number of hydrogen-bond acceptors (Lipinski definition) is 2. The summed E-state index contributed by atoms with van der Waals surface area (Å²) >= 11 is 0. The van der Waals surface area contributed by atoms with E-state index in [0.717, 1.165) is 17.4 Å². The maximum absolute atomic E-state index is 5.58. The fraction of sp³-hybridized carbons (Fsp3) is 0.438. The summed E-state index contributed by atoms with van der Waals surface area (Å²) in [4.78, 5) is 0. The molecule has 2 aliphatic rings. The summed E-state index contributed by atoms with van der Waals surface area (Å²) in [6.07, 6.45) is 5.17. The van der Waals surface area contributed by atoms with Crippen molar-refractivity contribution in [3.8, 4) is 11.3 Å². The van der Waals surface area contributed by atoms with Crippen molar-refractivity contribution in [2.75, 3.05) is 0 Å². The molecule has 2 aromatic rings. The van der Waals surface area contributed by atoms with Crippen LogP contribution in [0.25, 0.3) is 11.3 Å². The van der Waals surface area contributed by atoms with Gasteiger partial charge in [0.25, 0.3) is 0 Å². The fourth-order valence-electron chi connectivity index (χ4n) is 2.79. The predicted octanol–water partition coefficient (Wildman–Crippen LogP) is 4.40. The summed E-state index contributed by atoms with van der Waals surface area (Å²) in [6, 6.07) is 8.67. The van der Waals surface area contributed by atoms with Gasteiger partial charge < -0.3 is 4.52 Å². The molecule has 4 rings (SSSR count). The molecule has 0 aliphatic heterocycles. The lowest BCUT2D eigenvalue weighted by molar-refractivity contribution is 0.385. The van der Waals surface area contributed by atoms with Crippen molar-refractivity contribution in [1.29, 1.82) is 0 Å². The first-order chi connectivity index (χ1) is 8.84. The minimum Gasteiger partial charge on any atom is -0.360 e. The number of nitrogens with zero attached hydrogens (tertiary/aromatic N) is 1. The SMILES string of the molecule is Cc1c(-c2ccccc2C2CC2)noc1C1CC1. The largest absolute Gasteiger partial charge is 0.360 e. The Labute approximate surface area is 107 Å². The normalized spacial score (nSPS) is 19.2. The highest BCUT2D eigenvalue weighted by molar-refractivity contribution is 5.68. The number of benzene rings is 1. The van der Waals surface area contributed by atoms with Gasteiger partial charge >= 0.3 is 0 Å². The van der Waals surface area contributed by atoms with Crippen LogP contribution in [-0.4, -0.2) is 5.16 Å². The molecule has 2 fully saturated rings. The molecule has 0 radical (unpaired) electrons. The summed E-state index contributed by atoms with van der Waals surface area (Å²) in [5.74, 6) is 2.51. The lowest BCUT2D eigenvalue weighted by Crippen LogP contribution is -1.89. The van der Waals surface area contributed by atoms with Crippen molar-refractivity contribution < 1.29 is 4.52 Å². The molecule has 0 unspecified atom stereocenters. The first-order valence-electron chi connectivity index (χ1n) is 6.90. The van der Waals surface area contributed by atoms with E-state index >= 15 is 0 Å². The first-order valence-corrected chi connectivity index (χ1v) is 6.90. The Morgan fingerprint density at radius 1 is 1.06 bits per heavy atom. The second kappa shape index (κ2) is 3.71. The first kappa shape index (κ1) is 10.4. The molecule has 0 N–H and O–H groups in total. The second-order valence-electron chi connectivity index (χ2n) is 5.66. The summed E-state index contributed by atoms with van der Waals surface area (Å²) in [7, 11) is 0. The van der Waals surface area contributed by atoms with Crippen LogP contribution >= 0.6 is 0 Å². The fourth-order valence-corrected chi connectivity index (χ4v) is 2.79. The molecular formula is C16H17NO. The van der Waals surface area contributed by atoms with E-state index in [1.54, 1.807) is 0 Å². The highest BCUT2D eigenvalue weighted by Gasteiger charge is 2.32. The van der Waals surface area contributed by atoms with E-state index in [4.69, 9.17) is 4.52 Å². The van der Waals surface area contributed by atoms with Gasteiger partial charge in [0.05, 0.1) is 0 Å². The van der Waals surface area contributed by atoms with E-state index in [2.05, 4.69) is 36.3 Å². The zero-order valence-electron chi connectivity index (χ0n) is 10.6. The molecule has 0 atom stereocenters. The van der Waals surface area contributed by atoms with Gasteiger partial charge in [0.15, 0.2) is 0 Å². The van der Waals surface area contributed by atoms with Crippen molar-refractivity contribution in [1.82, 2.24) is 5.16 Å². The van der Waals surface area contributed by atoms with Gasteiger partial charge in [-0.2, -0.15) is 0 Å². The highest BCUT2D eigenvalue weighted by atomic mass is 16.5. The topological polar surface area (TPSA) is 26.0 Å². The molecule has 1 aromatic carbocycles. The minimum atomic E-state index is 0.638. The number of aromatic nitrogens is 1. The van der Waals surface area contributed by atoms with Crippen LogP contribution in [0.3, 0.4) is 0 Å². The summed E-state index contributed by atoms with van der Waals surface area (Å²) < 4.78 is 5.58.